The summed E-state index contributed by atoms with van der Waals surface area (Å²) in [5, 5.41) is 2.82. The summed E-state index contributed by atoms with van der Waals surface area (Å²) in [4.78, 5) is 31.9. The van der Waals surface area contributed by atoms with E-state index in [0.717, 1.165) is 18.9 Å². The van der Waals surface area contributed by atoms with E-state index in [1.165, 1.54) is 4.90 Å². The Labute approximate surface area is 164 Å². The number of hydrogen-bond acceptors (Lipinski definition) is 6. The summed E-state index contributed by atoms with van der Waals surface area (Å²) in [7, 11) is 3.35. The first-order valence-corrected chi connectivity index (χ1v) is 9.06. The lowest BCUT2D eigenvalue weighted by atomic mass is 10.2. The number of rotatable bonds is 6. The second kappa shape index (κ2) is 9.18. The van der Waals surface area contributed by atoms with Gasteiger partial charge in [0.25, 0.3) is 11.8 Å². The average Bonchev–Trinajstić information content (AvgIpc) is 2.73. The highest BCUT2D eigenvalue weighted by molar-refractivity contribution is 6.04. The molecule has 0 radical (unpaired) electrons. The van der Waals surface area contributed by atoms with E-state index < -0.39 is 0 Å². The molecule has 1 fully saturated rings. The van der Waals surface area contributed by atoms with Gasteiger partial charge in [-0.05, 0) is 36.4 Å². The fourth-order valence-corrected chi connectivity index (χ4v) is 2.61. The fourth-order valence-electron chi connectivity index (χ4n) is 2.61. The van der Waals surface area contributed by atoms with Crippen molar-refractivity contribution >= 4 is 23.3 Å². The number of pyridine rings is 1. The number of morpholine rings is 1. The molecule has 0 aliphatic carbocycles. The predicted octanol–water partition coefficient (Wildman–Crippen LogP) is 1.64. The summed E-state index contributed by atoms with van der Waals surface area (Å²) in [5.41, 5.74) is 1.11. The maximum Gasteiger partial charge on any atom is 0.259 e. The normalized spacial score (nSPS) is 13.7. The Morgan fingerprint density at radius 1 is 1.14 bits per heavy atom. The molecule has 148 valence electrons. The lowest BCUT2D eigenvalue weighted by Gasteiger charge is -2.27. The quantitative estimate of drug-likeness (QED) is 0.815. The van der Waals surface area contributed by atoms with Crippen LogP contribution in [0.5, 0.6) is 5.75 Å². The van der Waals surface area contributed by atoms with Gasteiger partial charge in [0.15, 0.2) is 6.61 Å². The Hall–Kier alpha value is -3.13. The smallest absolute Gasteiger partial charge is 0.259 e. The summed E-state index contributed by atoms with van der Waals surface area (Å²) in [6.07, 6.45) is 1.57. The number of aromatic nitrogens is 1. The second-order valence-electron chi connectivity index (χ2n) is 6.56. The molecule has 1 aliphatic rings. The Morgan fingerprint density at radius 3 is 2.46 bits per heavy atom. The van der Waals surface area contributed by atoms with Gasteiger partial charge in [0.1, 0.15) is 11.6 Å². The largest absolute Gasteiger partial charge is 0.484 e. The maximum absolute atomic E-state index is 12.4. The van der Waals surface area contributed by atoms with Gasteiger partial charge in [0.05, 0.1) is 18.8 Å². The van der Waals surface area contributed by atoms with E-state index in [9.17, 15) is 9.59 Å². The molecule has 1 saturated heterocycles. The van der Waals surface area contributed by atoms with Gasteiger partial charge >= 0.3 is 0 Å². The molecule has 0 bridgehead atoms. The zero-order chi connectivity index (χ0) is 19.9. The van der Waals surface area contributed by atoms with Gasteiger partial charge in [-0.25, -0.2) is 4.98 Å². The lowest BCUT2D eigenvalue weighted by molar-refractivity contribution is -0.130. The number of amides is 2. The minimum atomic E-state index is -0.238. The van der Waals surface area contributed by atoms with E-state index in [1.807, 2.05) is 6.07 Å². The molecule has 0 atom stereocenters. The van der Waals surface area contributed by atoms with Gasteiger partial charge in [-0.1, -0.05) is 0 Å². The first kappa shape index (κ1) is 19.6. The van der Waals surface area contributed by atoms with Crippen molar-refractivity contribution in [1.82, 2.24) is 9.88 Å². The summed E-state index contributed by atoms with van der Waals surface area (Å²) >= 11 is 0. The first-order chi connectivity index (χ1) is 13.5. The van der Waals surface area contributed by atoms with Gasteiger partial charge in [0, 0.05) is 39.1 Å². The van der Waals surface area contributed by atoms with Crippen LogP contribution in [0.25, 0.3) is 0 Å². The lowest BCUT2D eigenvalue weighted by Crippen LogP contribution is -2.36. The van der Waals surface area contributed by atoms with E-state index in [2.05, 4.69) is 15.2 Å². The Balaban J connectivity index is 1.54. The molecular weight excluding hydrogens is 360 g/mol. The molecule has 1 aliphatic heterocycles. The molecule has 0 unspecified atom stereocenters. The number of carbonyl (C=O) groups excluding carboxylic acids is 2. The van der Waals surface area contributed by atoms with E-state index in [-0.39, 0.29) is 18.4 Å². The van der Waals surface area contributed by atoms with Crippen LogP contribution in [0.4, 0.5) is 11.5 Å². The van der Waals surface area contributed by atoms with Gasteiger partial charge in [-0.2, -0.15) is 0 Å². The molecule has 2 aromatic rings. The van der Waals surface area contributed by atoms with Crippen LogP contribution in [0, 0.1) is 0 Å². The maximum atomic E-state index is 12.4. The SMILES string of the molecule is CN(C)C(=O)COc1ccc(NC(=O)c2ccc(N3CCOCC3)nc2)cc1. The molecule has 1 N–H and O–H groups in total. The highest BCUT2D eigenvalue weighted by Gasteiger charge is 2.13. The minimum Gasteiger partial charge on any atom is -0.484 e. The third kappa shape index (κ3) is 5.20. The fraction of sp³-hybridized carbons (Fsp3) is 0.350. The third-order valence-electron chi connectivity index (χ3n) is 4.32. The van der Waals surface area contributed by atoms with Crippen molar-refractivity contribution in [3.05, 3.63) is 48.2 Å². The van der Waals surface area contributed by atoms with Gasteiger partial charge in [0.2, 0.25) is 0 Å². The number of likely N-dealkylation sites (N-methyl/N-ethyl adjacent to an activating group) is 1. The van der Waals surface area contributed by atoms with Crippen molar-refractivity contribution in [2.45, 2.75) is 0 Å². The van der Waals surface area contributed by atoms with E-state index in [4.69, 9.17) is 9.47 Å². The topological polar surface area (TPSA) is 84.0 Å². The van der Waals surface area contributed by atoms with Crippen molar-refractivity contribution in [1.29, 1.82) is 0 Å². The van der Waals surface area contributed by atoms with Crippen LogP contribution in [-0.4, -0.2) is 68.7 Å². The van der Waals surface area contributed by atoms with E-state index in [1.54, 1.807) is 50.6 Å². The molecule has 1 aromatic heterocycles. The van der Waals surface area contributed by atoms with Gasteiger partial charge < -0.3 is 24.6 Å². The molecule has 1 aromatic carbocycles. The van der Waals surface area contributed by atoms with Crippen molar-refractivity contribution in [3.8, 4) is 5.75 Å². The standard InChI is InChI=1S/C20H24N4O4/c1-23(2)19(25)14-28-17-6-4-16(5-7-17)22-20(26)15-3-8-18(21-13-15)24-9-11-27-12-10-24/h3-8,13H,9-12,14H2,1-2H3,(H,22,26). The van der Waals surface area contributed by atoms with Crippen LogP contribution >= 0.6 is 0 Å². The van der Waals surface area contributed by atoms with Crippen LogP contribution in [-0.2, 0) is 9.53 Å². The average molecular weight is 384 g/mol. The Bertz CT molecular complexity index is 800. The number of anilines is 2. The molecule has 8 nitrogen and oxygen atoms in total. The number of ether oxygens (including phenoxy) is 2. The van der Waals surface area contributed by atoms with Crippen molar-refractivity contribution in [3.63, 3.8) is 0 Å². The molecule has 0 saturated carbocycles. The summed E-state index contributed by atoms with van der Waals surface area (Å²) in [5.74, 6) is 1.04. The van der Waals surface area contributed by atoms with E-state index >= 15 is 0 Å². The predicted molar refractivity (Wildman–Crippen MR) is 106 cm³/mol. The highest BCUT2D eigenvalue weighted by atomic mass is 16.5. The van der Waals surface area contributed by atoms with Crippen molar-refractivity contribution < 1.29 is 19.1 Å². The van der Waals surface area contributed by atoms with E-state index in [0.29, 0.717) is 30.2 Å². The number of hydrogen-bond donors (Lipinski definition) is 1. The zero-order valence-electron chi connectivity index (χ0n) is 16.1. The second-order valence-corrected chi connectivity index (χ2v) is 6.56. The Kier molecular flexibility index (Phi) is 6.44. The third-order valence-corrected chi connectivity index (χ3v) is 4.32. The number of benzene rings is 1. The first-order valence-electron chi connectivity index (χ1n) is 9.06. The number of carbonyl (C=O) groups is 2. The monoisotopic (exact) mass is 384 g/mol. The molecule has 2 heterocycles. The van der Waals surface area contributed by atoms with Gasteiger partial charge in [-0.15, -0.1) is 0 Å². The molecule has 3 rings (SSSR count). The van der Waals surface area contributed by atoms with Gasteiger partial charge in [-0.3, -0.25) is 9.59 Å². The van der Waals surface area contributed by atoms with Crippen molar-refractivity contribution in [2.75, 3.05) is 57.2 Å². The zero-order valence-corrected chi connectivity index (χ0v) is 16.1. The minimum absolute atomic E-state index is 0.0279. The molecular formula is C20H24N4O4. The highest BCUT2D eigenvalue weighted by Crippen LogP contribution is 2.18. The molecule has 8 heteroatoms. The molecule has 0 spiro atoms. The van der Waals surface area contributed by atoms with Crippen LogP contribution in [0.2, 0.25) is 0 Å². The van der Waals surface area contributed by atoms with Crippen LogP contribution in [0.15, 0.2) is 42.6 Å². The van der Waals surface area contributed by atoms with Crippen LogP contribution in [0.3, 0.4) is 0 Å². The Morgan fingerprint density at radius 2 is 1.86 bits per heavy atom. The summed E-state index contributed by atoms with van der Waals surface area (Å²) < 4.78 is 10.8. The molecule has 2 amide bonds. The van der Waals surface area contributed by atoms with Crippen LogP contribution in [0.1, 0.15) is 10.4 Å². The molecule has 28 heavy (non-hydrogen) atoms. The number of nitrogens with one attached hydrogen (secondary N) is 1. The summed E-state index contributed by atoms with van der Waals surface area (Å²) in [6.45, 7) is 2.94. The van der Waals surface area contributed by atoms with Crippen LogP contribution < -0.4 is 15.0 Å². The van der Waals surface area contributed by atoms with Crippen molar-refractivity contribution in [2.24, 2.45) is 0 Å². The number of nitrogens with zero attached hydrogens (tertiary/aromatic N) is 3. The summed E-state index contributed by atoms with van der Waals surface area (Å²) in [6, 6.07) is 10.5.